The third-order valence-corrected chi connectivity index (χ3v) is 7.34. The second kappa shape index (κ2) is 8.36. The smallest absolute Gasteiger partial charge is 0.309 e. The molecule has 1 saturated heterocycles. The van der Waals surface area contributed by atoms with Crippen molar-refractivity contribution in [2.75, 3.05) is 13.1 Å². The summed E-state index contributed by atoms with van der Waals surface area (Å²) in [5.74, 6) is 0.572. The molecule has 3 heterocycles. The van der Waals surface area contributed by atoms with Crippen LogP contribution in [0.5, 0.6) is 0 Å². The summed E-state index contributed by atoms with van der Waals surface area (Å²) in [5.41, 5.74) is 4.42. The van der Waals surface area contributed by atoms with E-state index in [-0.39, 0.29) is 5.92 Å². The molecular weight excluding hydrogens is 396 g/mol. The van der Waals surface area contributed by atoms with Crippen LogP contribution in [0.1, 0.15) is 48.5 Å². The molecule has 0 bridgehead atoms. The summed E-state index contributed by atoms with van der Waals surface area (Å²) in [7, 11) is 0. The second-order valence-electron chi connectivity index (χ2n) is 8.56. The summed E-state index contributed by atoms with van der Waals surface area (Å²) in [4.78, 5) is 14.3. The summed E-state index contributed by atoms with van der Waals surface area (Å²) in [5, 5.41) is 15.4. The summed E-state index contributed by atoms with van der Waals surface area (Å²) < 4.78 is 5.62. The predicted octanol–water partition coefficient (Wildman–Crippen LogP) is 5.63. The standard InChI is InChI=1S/C24H26N2O3S/c27-24(28)20-12-26(13-20)14-21-10-19(15-30-21)23-11-22(25-29-23)18-8-6-17(7-9-18)16-4-2-1-3-5-16/h6-11,15-16,20H,1-5,12-14H2,(H,27,28). The van der Waals surface area contributed by atoms with E-state index < -0.39 is 5.97 Å². The van der Waals surface area contributed by atoms with Gasteiger partial charge in [0.15, 0.2) is 5.76 Å². The van der Waals surface area contributed by atoms with Gasteiger partial charge in [0.1, 0.15) is 5.69 Å². The maximum Gasteiger partial charge on any atom is 0.309 e. The van der Waals surface area contributed by atoms with Gasteiger partial charge in [-0.05, 0) is 30.4 Å². The van der Waals surface area contributed by atoms with Crippen LogP contribution in [0.4, 0.5) is 0 Å². The van der Waals surface area contributed by atoms with Crippen LogP contribution in [0.3, 0.4) is 0 Å². The highest BCUT2D eigenvalue weighted by molar-refractivity contribution is 7.10. The number of carboxylic acids is 1. The normalized spacial score (nSPS) is 18.4. The van der Waals surface area contributed by atoms with Crippen molar-refractivity contribution in [3.05, 3.63) is 52.2 Å². The van der Waals surface area contributed by atoms with Crippen molar-refractivity contribution < 1.29 is 14.4 Å². The van der Waals surface area contributed by atoms with Gasteiger partial charge in [-0.1, -0.05) is 48.7 Å². The Kier molecular flexibility index (Phi) is 5.44. The number of aromatic nitrogens is 1. The molecule has 1 aliphatic carbocycles. The van der Waals surface area contributed by atoms with E-state index in [1.165, 1.54) is 42.5 Å². The van der Waals surface area contributed by atoms with Crippen molar-refractivity contribution in [2.45, 2.75) is 44.6 Å². The van der Waals surface area contributed by atoms with Gasteiger partial charge in [-0.15, -0.1) is 11.3 Å². The number of thiophene rings is 1. The molecule has 3 aromatic rings. The van der Waals surface area contributed by atoms with Gasteiger partial charge < -0.3 is 9.63 Å². The van der Waals surface area contributed by atoms with Gasteiger partial charge in [-0.2, -0.15) is 0 Å². The van der Waals surface area contributed by atoms with Crippen LogP contribution in [-0.4, -0.2) is 34.2 Å². The zero-order valence-electron chi connectivity index (χ0n) is 16.9. The Morgan fingerprint density at radius 3 is 2.60 bits per heavy atom. The highest BCUT2D eigenvalue weighted by Gasteiger charge is 2.32. The number of hydrogen-bond donors (Lipinski definition) is 1. The topological polar surface area (TPSA) is 66.6 Å². The number of likely N-dealkylation sites (tertiary alicyclic amines) is 1. The van der Waals surface area contributed by atoms with Gasteiger partial charge in [0.05, 0.1) is 5.92 Å². The van der Waals surface area contributed by atoms with E-state index in [2.05, 4.69) is 45.8 Å². The van der Waals surface area contributed by atoms with Gasteiger partial charge in [-0.25, -0.2) is 0 Å². The lowest BCUT2D eigenvalue weighted by molar-refractivity contribution is -0.147. The van der Waals surface area contributed by atoms with Crippen LogP contribution in [-0.2, 0) is 11.3 Å². The molecule has 1 aliphatic heterocycles. The maximum absolute atomic E-state index is 10.9. The van der Waals surface area contributed by atoms with Crippen molar-refractivity contribution in [2.24, 2.45) is 5.92 Å². The van der Waals surface area contributed by atoms with E-state index in [1.807, 2.05) is 6.07 Å². The fourth-order valence-corrected chi connectivity index (χ4v) is 5.49. The Morgan fingerprint density at radius 2 is 1.87 bits per heavy atom. The number of benzene rings is 1. The van der Waals surface area contributed by atoms with Gasteiger partial charge in [0, 0.05) is 47.1 Å². The summed E-state index contributed by atoms with van der Waals surface area (Å²) in [6.45, 7) is 2.05. The minimum atomic E-state index is -0.695. The molecule has 5 rings (SSSR count). The molecule has 6 heteroatoms. The lowest BCUT2D eigenvalue weighted by atomic mass is 9.84. The van der Waals surface area contributed by atoms with Crippen molar-refractivity contribution in [1.29, 1.82) is 0 Å². The molecule has 156 valence electrons. The molecule has 0 amide bonds. The molecular formula is C24H26N2O3S. The van der Waals surface area contributed by atoms with E-state index >= 15 is 0 Å². The SMILES string of the molecule is O=C(O)C1CN(Cc2cc(-c3cc(-c4ccc(C5CCCCC5)cc4)no3)cs2)C1. The Balaban J connectivity index is 1.23. The van der Waals surface area contributed by atoms with Crippen molar-refractivity contribution in [1.82, 2.24) is 10.1 Å². The number of carbonyl (C=O) groups is 1. The molecule has 0 radical (unpaired) electrons. The van der Waals surface area contributed by atoms with Crippen LogP contribution in [0.15, 0.2) is 46.3 Å². The van der Waals surface area contributed by atoms with E-state index in [0.717, 1.165) is 29.1 Å². The Bertz CT molecular complexity index is 1010. The average Bonchev–Trinajstić information content (AvgIpc) is 3.40. The molecule has 1 saturated carbocycles. The van der Waals surface area contributed by atoms with Crippen LogP contribution in [0, 0.1) is 5.92 Å². The molecule has 1 aromatic carbocycles. The molecule has 0 atom stereocenters. The van der Waals surface area contributed by atoms with Gasteiger partial charge in [0.25, 0.3) is 0 Å². The number of nitrogens with zero attached hydrogens (tertiary/aromatic N) is 2. The summed E-state index contributed by atoms with van der Waals surface area (Å²) >= 11 is 1.68. The highest BCUT2D eigenvalue weighted by atomic mass is 32.1. The van der Waals surface area contributed by atoms with Crippen LogP contribution in [0.2, 0.25) is 0 Å². The quantitative estimate of drug-likeness (QED) is 0.557. The van der Waals surface area contributed by atoms with Crippen molar-refractivity contribution in [3.8, 4) is 22.6 Å². The monoisotopic (exact) mass is 422 g/mol. The average molecular weight is 423 g/mol. The Labute approximate surface area is 180 Å². The highest BCUT2D eigenvalue weighted by Crippen LogP contribution is 2.34. The largest absolute Gasteiger partial charge is 0.481 e. The number of aliphatic carboxylic acids is 1. The lowest BCUT2D eigenvalue weighted by Gasteiger charge is -2.36. The van der Waals surface area contributed by atoms with E-state index in [0.29, 0.717) is 19.0 Å². The second-order valence-corrected chi connectivity index (χ2v) is 9.56. The van der Waals surface area contributed by atoms with E-state index in [4.69, 9.17) is 9.63 Å². The van der Waals surface area contributed by atoms with Crippen molar-refractivity contribution in [3.63, 3.8) is 0 Å². The Morgan fingerprint density at radius 1 is 1.10 bits per heavy atom. The first kappa shape index (κ1) is 19.5. The molecule has 2 fully saturated rings. The molecule has 0 spiro atoms. The maximum atomic E-state index is 10.9. The van der Waals surface area contributed by atoms with Crippen LogP contribution in [0.25, 0.3) is 22.6 Å². The first-order valence-corrected chi connectivity index (χ1v) is 11.6. The zero-order valence-corrected chi connectivity index (χ0v) is 17.7. The summed E-state index contributed by atoms with van der Waals surface area (Å²) in [6, 6.07) is 12.9. The minimum absolute atomic E-state index is 0.217. The number of rotatable bonds is 6. The molecule has 30 heavy (non-hydrogen) atoms. The Hall–Kier alpha value is -2.44. The molecule has 1 N–H and O–H groups in total. The molecule has 2 aromatic heterocycles. The van der Waals surface area contributed by atoms with Gasteiger partial charge in [0.2, 0.25) is 0 Å². The van der Waals surface area contributed by atoms with Gasteiger partial charge in [-0.3, -0.25) is 9.69 Å². The first-order chi connectivity index (χ1) is 14.7. The van der Waals surface area contributed by atoms with Crippen LogP contribution < -0.4 is 0 Å². The van der Waals surface area contributed by atoms with Crippen LogP contribution >= 0.6 is 11.3 Å². The molecule has 5 nitrogen and oxygen atoms in total. The number of hydrogen-bond acceptors (Lipinski definition) is 5. The third-order valence-electron chi connectivity index (χ3n) is 6.42. The predicted molar refractivity (Wildman–Crippen MR) is 117 cm³/mol. The molecule has 0 unspecified atom stereocenters. The van der Waals surface area contributed by atoms with E-state index in [9.17, 15) is 4.79 Å². The number of carboxylic acid groups (broad SMARTS) is 1. The van der Waals surface area contributed by atoms with Crippen molar-refractivity contribution >= 4 is 17.3 Å². The first-order valence-electron chi connectivity index (χ1n) is 10.8. The van der Waals surface area contributed by atoms with E-state index in [1.54, 1.807) is 11.3 Å². The molecule has 2 aliphatic rings. The summed E-state index contributed by atoms with van der Waals surface area (Å²) in [6.07, 6.45) is 6.69. The minimum Gasteiger partial charge on any atom is -0.481 e. The third kappa shape index (κ3) is 4.07. The lowest BCUT2D eigenvalue weighted by Crippen LogP contribution is -2.49. The zero-order chi connectivity index (χ0) is 20.5. The fraction of sp³-hybridized carbons (Fsp3) is 0.417. The van der Waals surface area contributed by atoms with Gasteiger partial charge >= 0.3 is 5.97 Å². The fourth-order valence-electron chi connectivity index (χ4n) is 4.58.